The van der Waals surface area contributed by atoms with Gasteiger partial charge in [-0.15, -0.1) is 0 Å². The predicted octanol–water partition coefficient (Wildman–Crippen LogP) is 4.10. The topological polar surface area (TPSA) is 111 Å². The number of nitrogens with one attached hydrogen (secondary N) is 3. The summed E-state index contributed by atoms with van der Waals surface area (Å²) in [5.41, 5.74) is 5.53. The maximum Gasteiger partial charge on any atom is 0.256 e. The van der Waals surface area contributed by atoms with Gasteiger partial charge in [0.15, 0.2) is 9.84 Å². The number of likely N-dealkylation sites (N-methyl/N-ethyl adjacent to an activating group) is 1. The molecule has 206 valence electrons. The molecule has 1 aromatic heterocycles. The lowest BCUT2D eigenvalue weighted by Crippen LogP contribution is -2.35. The first-order valence-electron chi connectivity index (χ1n) is 13.2. The molecule has 2 heterocycles. The van der Waals surface area contributed by atoms with Gasteiger partial charge in [-0.1, -0.05) is 44.2 Å². The van der Waals surface area contributed by atoms with E-state index in [1.54, 1.807) is 30.3 Å². The van der Waals surface area contributed by atoms with Crippen molar-refractivity contribution >= 4 is 39.0 Å². The Morgan fingerprint density at radius 2 is 1.77 bits per heavy atom. The molecule has 2 aromatic carbocycles. The fourth-order valence-electron chi connectivity index (χ4n) is 4.87. The number of anilines is 1. The highest BCUT2D eigenvalue weighted by molar-refractivity contribution is 7.90. The standard InChI is InChI=1S/C30H36N4O4S/c1-5-34(6-2)15-14-31-29(35)18-24-20(3)28(32-21(24)4)17-26-25-16-23(12-13-27(25)33-30(26)36)39(37,38)19-22-10-8-7-9-11-22/h7-13,16-17,32H,5-6,14-15,18-19H2,1-4H3,(H,31,35)(H,33,36)/b26-17-. The van der Waals surface area contributed by atoms with Crippen molar-refractivity contribution in [3.8, 4) is 0 Å². The van der Waals surface area contributed by atoms with Crippen LogP contribution < -0.4 is 10.6 Å². The molecule has 0 fully saturated rings. The number of rotatable bonds is 11. The van der Waals surface area contributed by atoms with Crippen LogP contribution in [-0.4, -0.2) is 56.3 Å². The van der Waals surface area contributed by atoms with Crippen molar-refractivity contribution in [1.29, 1.82) is 0 Å². The average Bonchev–Trinajstić information content (AvgIpc) is 3.36. The zero-order valence-corrected chi connectivity index (χ0v) is 23.7. The Balaban J connectivity index is 1.56. The number of aromatic amines is 1. The summed E-state index contributed by atoms with van der Waals surface area (Å²) in [4.78, 5) is 31.2. The molecule has 0 saturated heterocycles. The van der Waals surface area contributed by atoms with E-state index in [4.69, 9.17) is 0 Å². The number of fused-ring (bicyclic) bond motifs is 1. The largest absolute Gasteiger partial charge is 0.359 e. The second kappa shape index (κ2) is 12.0. The van der Waals surface area contributed by atoms with E-state index in [1.807, 2.05) is 32.0 Å². The molecule has 8 nitrogen and oxygen atoms in total. The quantitative estimate of drug-likeness (QED) is 0.313. The Morgan fingerprint density at radius 1 is 1.05 bits per heavy atom. The van der Waals surface area contributed by atoms with Crippen LogP contribution in [0.2, 0.25) is 0 Å². The SMILES string of the molecule is CCN(CC)CCNC(=O)Cc1c(C)[nH]c(/C=C2\C(=O)Nc3ccc(S(=O)(=O)Cc4ccccc4)cc32)c1C. The van der Waals surface area contributed by atoms with Gasteiger partial charge in [0.2, 0.25) is 5.91 Å². The van der Waals surface area contributed by atoms with Crippen LogP contribution in [0, 0.1) is 13.8 Å². The molecule has 0 atom stereocenters. The van der Waals surface area contributed by atoms with Crippen LogP contribution in [0.5, 0.6) is 0 Å². The van der Waals surface area contributed by atoms with Gasteiger partial charge < -0.3 is 20.5 Å². The van der Waals surface area contributed by atoms with Crippen LogP contribution in [-0.2, 0) is 31.6 Å². The summed E-state index contributed by atoms with van der Waals surface area (Å²) in [6.45, 7) is 11.3. The third kappa shape index (κ3) is 6.49. The van der Waals surface area contributed by atoms with Crippen LogP contribution in [0.1, 0.15) is 47.5 Å². The lowest BCUT2D eigenvalue weighted by molar-refractivity contribution is -0.120. The van der Waals surface area contributed by atoms with Crippen molar-refractivity contribution in [2.75, 3.05) is 31.5 Å². The molecular weight excluding hydrogens is 512 g/mol. The van der Waals surface area contributed by atoms with E-state index in [9.17, 15) is 18.0 Å². The molecule has 0 saturated carbocycles. The van der Waals surface area contributed by atoms with Crippen LogP contribution in [0.25, 0.3) is 11.6 Å². The number of H-pyrrole nitrogens is 1. The number of sulfone groups is 1. The monoisotopic (exact) mass is 548 g/mol. The third-order valence-corrected chi connectivity index (χ3v) is 8.92. The maximum atomic E-state index is 13.1. The number of hydrogen-bond donors (Lipinski definition) is 3. The first-order chi connectivity index (χ1) is 18.6. The number of hydrogen-bond acceptors (Lipinski definition) is 5. The minimum atomic E-state index is -3.61. The van der Waals surface area contributed by atoms with E-state index >= 15 is 0 Å². The molecule has 0 spiro atoms. The van der Waals surface area contributed by atoms with Crippen molar-refractivity contribution in [2.24, 2.45) is 0 Å². The summed E-state index contributed by atoms with van der Waals surface area (Å²) in [6.07, 6.45) is 1.97. The van der Waals surface area contributed by atoms with E-state index in [1.165, 1.54) is 6.07 Å². The summed E-state index contributed by atoms with van der Waals surface area (Å²) in [7, 11) is -3.61. The summed E-state index contributed by atoms with van der Waals surface area (Å²) in [6, 6.07) is 13.7. The Hall–Kier alpha value is -3.69. The number of carbonyl (C=O) groups excluding carboxylic acids is 2. The Labute approximate surface area is 230 Å². The molecule has 9 heteroatoms. The first-order valence-corrected chi connectivity index (χ1v) is 14.9. The van der Waals surface area contributed by atoms with Gasteiger partial charge >= 0.3 is 0 Å². The summed E-state index contributed by atoms with van der Waals surface area (Å²) in [5, 5.41) is 5.82. The smallest absolute Gasteiger partial charge is 0.256 e. The van der Waals surface area contributed by atoms with Crippen molar-refractivity contribution in [1.82, 2.24) is 15.2 Å². The van der Waals surface area contributed by atoms with Crippen molar-refractivity contribution in [3.05, 3.63) is 82.2 Å². The highest BCUT2D eigenvalue weighted by Gasteiger charge is 2.27. The highest BCUT2D eigenvalue weighted by atomic mass is 32.2. The Morgan fingerprint density at radius 3 is 2.46 bits per heavy atom. The molecule has 39 heavy (non-hydrogen) atoms. The van der Waals surface area contributed by atoms with Gasteiger partial charge in [-0.3, -0.25) is 9.59 Å². The van der Waals surface area contributed by atoms with E-state index in [-0.39, 0.29) is 28.9 Å². The number of aryl methyl sites for hydroxylation is 1. The van der Waals surface area contributed by atoms with Gasteiger partial charge in [0.25, 0.3) is 5.91 Å². The molecule has 1 aliphatic heterocycles. The van der Waals surface area contributed by atoms with Crippen LogP contribution in [0.15, 0.2) is 53.4 Å². The molecule has 4 rings (SSSR count). The van der Waals surface area contributed by atoms with E-state index in [0.717, 1.165) is 36.5 Å². The van der Waals surface area contributed by atoms with Crippen LogP contribution in [0.4, 0.5) is 5.69 Å². The van der Waals surface area contributed by atoms with Crippen LogP contribution >= 0.6 is 0 Å². The molecule has 0 bridgehead atoms. The van der Waals surface area contributed by atoms with Gasteiger partial charge in [-0.2, -0.15) is 0 Å². The fourth-order valence-corrected chi connectivity index (χ4v) is 6.24. The molecule has 3 N–H and O–H groups in total. The highest BCUT2D eigenvalue weighted by Crippen LogP contribution is 2.36. The van der Waals surface area contributed by atoms with Crippen molar-refractivity contribution < 1.29 is 18.0 Å². The maximum absolute atomic E-state index is 13.1. The lowest BCUT2D eigenvalue weighted by Gasteiger charge is -2.18. The first kappa shape index (κ1) is 28.3. The number of nitrogens with zero attached hydrogens (tertiary/aromatic N) is 1. The molecule has 0 aliphatic carbocycles. The number of amides is 2. The number of aromatic nitrogens is 1. The van der Waals surface area contributed by atoms with Crippen molar-refractivity contribution in [3.63, 3.8) is 0 Å². The molecule has 0 radical (unpaired) electrons. The van der Waals surface area contributed by atoms with E-state index in [2.05, 4.69) is 34.4 Å². The van der Waals surface area contributed by atoms with Gasteiger partial charge in [0.05, 0.1) is 22.6 Å². The summed E-state index contributed by atoms with van der Waals surface area (Å²) in [5.74, 6) is -0.476. The molecule has 3 aromatic rings. The molecule has 2 amide bonds. The number of carbonyl (C=O) groups is 2. The Bertz CT molecular complexity index is 1500. The zero-order valence-electron chi connectivity index (χ0n) is 22.9. The summed E-state index contributed by atoms with van der Waals surface area (Å²) < 4.78 is 26.3. The molecular formula is C30H36N4O4S. The zero-order chi connectivity index (χ0) is 28.2. The fraction of sp³-hybridized carbons (Fsp3) is 0.333. The number of benzene rings is 2. The van der Waals surface area contributed by atoms with Gasteiger partial charge in [-0.05, 0) is 67.9 Å². The minimum Gasteiger partial charge on any atom is -0.359 e. The van der Waals surface area contributed by atoms with Gasteiger partial charge in [-0.25, -0.2) is 8.42 Å². The van der Waals surface area contributed by atoms with E-state index < -0.39 is 9.84 Å². The average molecular weight is 549 g/mol. The second-order valence-corrected chi connectivity index (χ2v) is 11.8. The second-order valence-electron chi connectivity index (χ2n) is 9.79. The van der Waals surface area contributed by atoms with Gasteiger partial charge in [0.1, 0.15) is 0 Å². The Kier molecular flexibility index (Phi) is 8.72. The predicted molar refractivity (Wildman–Crippen MR) is 155 cm³/mol. The van der Waals surface area contributed by atoms with Gasteiger partial charge in [0, 0.05) is 35.7 Å². The van der Waals surface area contributed by atoms with Crippen LogP contribution in [0.3, 0.4) is 0 Å². The molecule has 0 unspecified atom stereocenters. The normalized spacial score (nSPS) is 14.1. The minimum absolute atomic E-state index is 0.0521. The lowest BCUT2D eigenvalue weighted by atomic mass is 10.0. The molecule has 1 aliphatic rings. The van der Waals surface area contributed by atoms with E-state index in [0.29, 0.717) is 34.6 Å². The van der Waals surface area contributed by atoms with Crippen molar-refractivity contribution in [2.45, 2.75) is 44.8 Å². The third-order valence-electron chi connectivity index (χ3n) is 7.23. The summed E-state index contributed by atoms with van der Waals surface area (Å²) >= 11 is 0.